The zero-order chi connectivity index (χ0) is 11.5. The molecule has 0 radical (unpaired) electrons. The highest BCUT2D eigenvalue weighted by atomic mass is 35.8. The fourth-order valence-corrected chi connectivity index (χ4v) is 4.59. The van der Waals surface area contributed by atoms with Gasteiger partial charge < -0.3 is 0 Å². The Kier molecular flexibility index (Phi) is 5.27. The van der Waals surface area contributed by atoms with E-state index in [1.54, 1.807) is 0 Å². The molecule has 0 aliphatic heterocycles. The maximum absolute atomic E-state index is 5.89. The van der Waals surface area contributed by atoms with Crippen molar-refractivity contribution in [2.45, 2.75) is 24.8 Å². The first kappa shape index (κ1) is 13.7. The number of hydrogen-bond acceptors (Lipinski definition) is 0. The van der Waals surface area contributed by atoms with Crippen LogP contribution in [-0.4, -0.2) is 6.00 Å². The van der Waals surface area contributed by atoms with E-state index in [0.717, 1.165) is 5.56 Å². The Bertz CT molecular complexity index is 304. The van der Waals surface area contributed by atoms with E-state index in [9.17, 15) is 0 Å². The molecule has 0 saturated carbocycles. The minimum Gasteiger partial charge on any atom is -0.126 e. The molecule has 15 heavy (non-hydrogen) atoms. The van der Waals surface area contributed by atoms with Crippen LogP contribution in [0.5, 0.6) is 0 Å². The van der Waals surface area contributed by atoms with Crippen LogP contribution in [0.2, 0.25) is 6.04 Å². The molecular weight excluding hydrogens is 290 g/mol. The zero-order valence-electron chi connectivity index (χ0n) is 8.31. The largest absolute Gasteiger partial charge is 0.342 e. The summed E-state index contributed by atoms with van der Waals surface area (Å²) >= 11 is 23.4. The molecule has 0 aliphatic rings. The number of alkyl halides is 1. The van der Waals surface area contributed by atoms with Gasteiger partial charge in [0.1, 0.15) is 0 Å². The lowest BCUT2D eigenvalue weighted by Crippen LogP contribution is -2.12. The predicted molar refractivity (Wildman–Crippen MR) is 72.5 cm³/mol. The summed E-state index contributed by atoms with van der Waals surface area (Å²) in [5, 5.41) is 0. The lowest BCUT2D eigenvalue weighted by molar-refractivity contribution is 0.858. The maximum Gasteiger partial charge on any atom is 0.342 e. The van der Waals surface area contributed by atoms with E-state index in [2.05, 4.69) is 6.92 Å². The normalized spacial score (nSPS) is 13.9. The van der Waals surface area contributed by atoms with Crippen LogP contribution in [0.4, 0.5) is 0 Å². The Balaban J connectivity index is 2.70. The lowest BCUT2D eigenvalue weighted by Gasteiger charge is -2.15. The second-order valence-electron chi connectivity index (χ2n) is 3.60. The van der Waals surface area contributed by atoms with E-state index in [1.807, 2.05) is 24.3 Å². The average Bonchev–Trinajstić information content (AvgIpc) is 2.15. The first-order chi connectivity index (χ1) is 6.92. The SMILES string of the molecule is CC(C[Si](Cl)(Cl)Cl)c1ccc(CCl)cc1. The summed E-state index contributed by atoms with van der Waals surface area (Å²) in [5.41, 5.74) is 2.31. The van der Waals surface area contributed by atoms with Gasteiger partial charge in [-0.05, 0) is 23.1 Å². The highest BCUT2D eigenvalue weighted by molar-refractivity contribution is 7.64. The molecule has 84 valence electrons. The monoisotopic (exact) mass is 300 g/mol. The van der Waals surface area contributed by atoms with Crippen molar-refractivity contribution in [1.29, 1.82) is 0 Å². The third-order valence-corrected chi connectivity index (χ3v) is 5.01. The van der Waals surface area contributed by atoms with Gasteiger partial charge in [0, 0.05) is 5.88 Å². The van der Waals surface area contributed by atoms with E-state index in [0.29, 0.717) is 11.9 Å². The molecule has 1 rings (SSSR count). The van der Waals surface area contributed by atoms with Gasteiger partial charge in [0.05, 0.1) is 0 Å². The van der Waals surface area contributed by atoms with Crippen LogP contribution in [0.3, 0.4) is 0 Å². The van der Waals surface area contributed by atoms with Crippen LogP contribution in [-0.2, 0) is 5.88 Å². The Morgan fingerprint density at radius 3 is 2.07 bits per heavy atom. The summed E-state index contributed by atoms with van der Waals surface area (Å²) in [5.74, 6) is 0.821. The van der Waals surface area contributed by atoms with Crippen molar-refractivity contribution in [2.24, 2.45) is 0 Å². The fraction of sp³-hybridized carbons (Fsp3) is 0.400. The van der Waals surface area contributed by atoms with Crippen molar-refractivity contribution in [3.8, 4) is 0 Å². The fourth-order valence-electron chi connectivity index (χ4n) is 1.40. The average molecular weight is 302 g/mol. The van der Waals surface area contributed by atoms with E-state index in [-0.39, 0.29) is 5.92 Å². The van der Waals surface area contributed by atoms with Gasteiger partial charge in [0.2, 0.25) is 0 Å². The molecule has 0 heterocycles. The molecule has 0 N–H and O–H groups in total. The summed E-state index contributed by atoms with van der Waals surface area (Å²) in [4.78, 5) is 0. The van der Waals surface area contributed by atoms with Gasteiger partial charge in [-0.15, -0.1) is 44.8 Å². The molecule has 1 aromatic carbocycles. The summed E-state index contributed by atoms with van der Waals surface area (Å²) < 4.78 is 0. The third kappa shape index (κ3) is 4.97. The minimum absolute atomic E-state index is 0.286. The zero-order valence-corrected chi connectivity index (χ0v) is 12.3. The van der Waals surface area contributed by atoms with Crippen LogP contribution in [0.1, 0.15) is 24.0 Å². The van der Waals surface area contributed by atoms with Crippen molar-refractivity contribution in [3.05, 3.63) is 35.4 Å². The number of halogens is 4. The highest BCUT2D eigenvalue weighted by Gasteiger charge is 2.28. The lowest BCUT2D eigenvalue weighted by atomic mass is 10.0. The Labute approximate surface area is 111 Å². The first-order valence-electron chi connectivity index (χ1n) is 4.64. The molecule has 0 bridgehead atoms. The minimum atomic E-state index is -2.53. The topological polar surface area (TPSA) is 0 Å². The van der Waals surface area contributed by atoms with Gasteiger partial charge in [0.15, 0.2) is 0 Å². The number of hydrogen-bond donors (Lipinski definition) is 0. The van der Waals surface area contributed by atoms with Gasteiger partial charge >= 0.3 is 6.00 Å². The number of rotatable bonds is 4. The molecule has 0 saturated heterocycles. The molecule has 1 unspecified atom stereocenters. The predicted octanol–water partition coefficient (Wildman–Crippen LogP) is 5.18. The van der Waals surface area contributed by atoms with E-state index in [4.69, 9.17) is 44.8 Å². The molecule has 0 nitrogen and oxygen atoms in total. The smallest absolute Gasteiger partial charge is 0.126 e. The molecule has 0 spiro atoms. The highest BCUT2D eigenvalue weighted by Crippen LogP contribution is 2.33. The molecule has 0 aliphatic carbocycles. The number of benzene rings is 1. The Morgan fingerprint density at radius 2 is 1.67 bits per heavy atom. The Hall–Kier alpha value is 0.597. The van der Waals surface area contributed by atoms with Gasteiger partial charge in [-0.25, -0.2) is 0 Å². The molecule has 5 heteroatoms. The Morgan fingerprint density at radius 1 is 1.13 bits per heavy atom. The first-order valence-corrected chi connectivity index (χ1v) is 10.4. The summed E-state index contributed by atoms with van der Waals surface area (Å²) in [7, 11) is 0. The third-order valence-electron chi connectivity index (χ3n) is 2.24. The van der Waals surface area contributed by atoms with Crippen molar-refractivity contribution in [2.75, 3.05) is 0 Å². The van der Waals surface area contributed by atoms with Gasteiger partial charge in [-0.1, -0.05) is 31.2 Å². The van der Waals surface area contributed by atoms with Crippen molar-refractivity contribution < 1.29 is 0 Å². The quantitative estimate of drug-likeness (QED) is 0.408. The van der Waals surface area contributed by atoms with Crippen LogP contribution in [0.25, 0.3) is 0 Å². The molecule has 0 fully saturated rings. The standard InChI is InChI=1S/C10H12Cl4Si/c1-8(7-15(12,13)14)10-4-2-9(6-11)3-5-10/h2-5,8H,6-7H2,1H3. The van der Waals surface area contributed by atoms with Crippen molar-refractivity contribution in [1.82, 2.24) is 0 Å². The summed E-state index contributed by atoms with van der Waals surface area (Å²) in [6.45, 7) is 2.07. The van der Waals surface area contributed by atoms with Gasteiger partial charge in [0.25, 0.3) is 0 Å². The van der Waals surface area contributed by atoms with Crippen LogP contribution >= 0.6 is 44.8 Å². The molecule has 0 aromatic heterocycles. The van der Waals surface area contributed by atoms with E-state index in [1.165, 1.54) is 5.56 Å². The second kappa shape index (κ2) is 5.79. The van der Waals surface area contributed by atoms with E-state index < -0.39 is 6.00 Å². The van der Waals surface area contributed by atoms with Crippen molar-refractivity contribution >= 4 is 50.8 Å². The summed E-state index contributed by atoms with van der Waals surface area (Å²) in [6, 6.07) is 6.24. The second-order valence-corrected chi connectivity index (χ2v) is 13.0. The van der Waals surface area contributed by atoms with Crippen molar-refractivity contribution in [3.63, 3.8) is 0 Å². The van der Waals surface area contributed by atoms with Gasteiger partial charge in [-0.2, -0.15) is 0 Å². The molecule has 1 aromatic rings. The molecule has 1 atom stereocenters. The van der Waals surface area contributed by atoms with Gasteiger partial charge in [-0.3, -0.25) is 0 Å². The molecular formula is C10H12Cl4Si. The van der Waals surface area contributed by atoms with Crippen LogP contribution in [0, 0.1) is 0 Å². The van der Waals surface area contributed by atoms with Crippen LogP contribution in [0.15, 0.2) is 24.3 Å². The summed E-state index contributed by atoms with van der Waals surface area (Å²) in [6.07, 6.45) is 0. The maximum atomic E-state index is 5.89. The van der Waals surface area contributed by atoms with Crippen LogP contribution < -0.4 is 0 Å². The molecule has 0 amide bonds. The van der Waals surface area contributed by atoms with E-state index >= 15 is 0 Å².